The Morgan fingerprint density at radius 2 is 1.46 bits per heavy atom. The van der Waals surface area contributed by atoms with Crippen molar-refractivity contribution in [3.8, 4) is 0 Å². The van der Waals surface area contributed by atoms with Gasteiger partial charge in [-0.05, 0) is 66.5 Å². The molecule has 8 nitrogen and oxygen atoms in total. The third-order valence-corrected chi connectivity index (χ3v) is 11.1. The highest BCUT2D eigenvalue weighted by molar-refractivity contribution is 6.30. The highest BCUT2D eigenvalue weighted by atomic mass is 35.5. The van der Waals surface area contributed by atoms with Gasteiger partial charge in [0, 0.05) is 50.1 Å². The van der Waals surface area contributed by atoms with Crippen LogP contribution in [0.5, 0.6) is 0 Å². The molecule has 9 heteroatoms. The Bertz CT molecular complexity index is 1580. The number of carbonyl (C=O) groups excluding carboxylic acids is 3. The lowest BCUT2D eigenvalue weighted by molar-refractivity contribution is -0.140. The predicted molar refractivity (Wildman–Crippen MR) is 189 cm³/mol. The molecule has 3 aromatic carbocycles. The Morgan fingerprint density at radius 3 is 2.12 bits per heavy atom. The first-order chi connectivity index (χ1) is 23.2. The van der Waals surface area contributed by atoms with E-state index in [9.17, 15) is 14.4 Å². The number of nitrogens with one attached hydrogen (secondary N) is 2. The third kappa shape index (κ3) is 7.46. The molecule has 1 saturated carbocycles. The number of aryl methyl sites for hydroxylation is 1. The van der Waals surface area contributed by atoms with Crippen LogP contribution in [-0.4, -0.2) is 70.8 Å². The normalized spacial score (nSPS) is 22.2. The Balaban J connectivity index is 1.20. The first-order valence-corrected chi connectivity index (χ1v) is 17.8. The summed E-state index contributed by atoms with van der Waals surface area (Å²) in [6.07, 6.45) is 7.38. The fourth-order valence-electron chi connectivity index (χ4n) is 8.23. The molecule has 0 radical (unpaired) electrons. The molecule has 0 bridgehead atoms. The van der Waals surface area contributed by atoms with Crippen molar-refractivity contribution < 1.29 is 14.4 Å². The van der Waals surface area contributed by atoms with Crippen molar-refractivity contribution in [1.82, 2.24) is 20.4 Å². The first-order valence-electron chi connectivity index (χ1n) is 17.4. The highest BCUT2D eigenvalue weighted by Crippen LogP contribution is 2.44. The highest BCUT2D eigenvalue weighted by Gasteiger charge is 2.47. The van der Waals surface area contributed by atoms with Gasteiger partial charge in [-0.2, -0.15) is 0 Å². The molecule has 2 aliphatic carbocycles. The van der Waals surface area contributed by atoms with Crippen LogP contribution in [0, 0.1) is 0 Å². The number of rotatable bonds is 9. The number of amides is 3. The van der Waals surface area contributed by atoms with Gasteiger partial charge in [0.1, 0.15) is 6.04 Å². The van der Waals surface area contributed by atoms with E-state index in [1.165, 1.54) is 12.0 Å². The van der Waals surface area contributed by atoms with E-state index in [4.69, 9.17) is 17.3 Å². The van der Waals surface area contributed by atoms with E-state index in [1.807, 2.05) is 65.6 Å². The number of nitrogens with zero attached hydrogens (tertiary/aromatic N) is 2. The van der Waals surface area contributed by atoms with Gasteiger partial charge in [0.05, 0.1) is 11.6 Å². The number of fused-ring (bicyclic) bond motifs is 1. The fourth-order valence-corrected chi connectivity index (χ4v) is 8.36. The molecule has 4 N–H and O–H groups in total. The lowest BCUT2D eigenvalue weighted by atomic mass is 9.72. The van der Waals surface area contributed by atoms with Crippen LogP contribution in [0.1, 0.15) is 73.7 Å². The fraction of sp³-hybridized carbons (Fsp3) is 0.462. The van der Waals surface area contributed by atoms with Crippen LogP contribution in [0.4, 0.5) is 0 Å². The Morgan fingerprint density at radius 1 is 0.812 bits per heavy atom. The zero-order chi connectivity index (χ0) is 33.7. The van der Waals surface area contributed by atoms with Gasteiger partial charge in [-0.25, -0.2) is 0 Å². The van der Waals surface area contributed by atoms with E-state index in [2.05, 4.69) is 33.7 Å². The van der Waals surface area contributed by atoms with Crippen molar-refractivity contribution >= 4 is 29.3 Å². The molecule has 3 unspecified atom stereocenters. The summed E-state index contributed by atoms with van der Waals surface area (Å²) in [6, 6.07) is 24.9. The second-order valence-electron chi connectivity index (χ2n) is 14.0. The number of piperazine rings is 1. The topological polar surface area (TPSA) is 108 Å². The summed E-state index contributed by atoms with van der Waals surface area (Å²) in [6.45, 7) is 4.05. The molecule has 0 spiro atoms. The summed E-state index contributed by atoms with van der Waals surface area (Å²) >= 11 is 6.17. The molecule has 3 atom stereocenters. The molecule has 3 aromatic rings. The summed E-state index contributed by atoms with van der Waals surface area (Å²) in [4.78, 5) is 45.2. The van der Waals surface area contributed by atoms with E-state index in [0.717, 1.165) is 48.8 Å². The van der Waals surface area contributed by atoms with E-state index >= 15 is 0 Å². The van der Waals surface area contributed by atoms with Gasteiger partial charge in [-0.3, -0.25) is 19.3 Å². The maximum absolute atomic E-state index is 14.3. The van der Waals surface area contributed by atoms with Crippen LogP contribution < -0.4 is 16.4 Å². The molecule has 1 heterocycles. The van der Waals surface area contributed by atoms with Crippen molar-refractivity contribution in [2.24, 2.45) is 5.73 Å². The molecular formula is C39H48ClN5O3. The SMILES string of the molecule is CC(=O)NC(c1ccccc1)C1(N2CCN(C(=O)C(Cc3ccc(Cl)cc3)NC(=O)C3(N)CCc4ccccc4C3)CC2)CCCCC1. The van der Waals surface area contributed by atoms with Crippen LogP contribution in [0.25, 0.3) is 0 Å². The number of hydrogen-bond acceptors (Lipinski definition) is 5. The molecule has 3 amide bonds. The van der Waals surface area contributed by atoms with Crippen LogP contribution in [0.3, 0.4) is 0 Å². The van der Waals surface area contributed by atoms with Crippen molar-refractivity contribution in [3.63, 3.8) is 0 Å². The van der Waals surface area contributed by atoms with Crippen molar-refractivity contribution in [3.05, 3.63) is 106 Å². The van der Waals surface area contributed by atoms with Gasteiger partial charge in [0.25, 0.3) is 0 Å². The van der Waals surface area contributed by atoms with Crippen LogP contribution in [0.2, 0.25) is 5.02 Å². The van der Waals surface area contributed by atoms with Crippen LogP contribution in [0.15, 0.2) is 78.9 Å². The zero-order valence-corrected chi connectivity index (χ0v) is 28.7. The number of benzene rings is 3. The van der Waals surface area contributed by atoms with Gasteiger partial charge in [0.15, 0.2) is 0 Å². The predicted octanol–water partition coefficient (Wildman–Crippen LogP) is 4.98. The Labute approximate surface area is 289 Å². The van der Waals surface area contributed by atoms with E-state index in [-0.39, 0.29) is 29.3 Å². The minimum atomic E-state index is -1.09. The average Bonchev–Trinajstić information content (AvgIpc) is 3.11. The zero-order valence-electron chi connectivity index (χ0n) is 27.9. The van der Waals surface area contributed by atoms with Crippen molar-refractivity contribution in [1.29, 1.82) is 0 Å². The van der Waals surface area contributed by atoms with Gasteiger partial charge < -0.3 is 21.3 Å². The molecule has 0 aromatic heterocycles. The Kier molecular flexibility index (Phi) is 10.5. The summed E-state index contributed by atoms with van der Waals surface area (Å²) in [5.74, 6) is -0.426. The van der Waals surface area contributed by atoms with E-state index in [0.29, 0.717) is 50.5 Å². The van der Waals surface area contributed by atoms with Crippen molar-refractivity contribution in [2.75, 3.05) is 26.2 Å². The molecule has 1 aliphatic heterocycles. The van der Waals surface area contributed by atoms with Gasteiger partial charge in [0.2, 0.25) is 17.7 Å². The largest absolute Gasteiger partial charge is 0.348 e. The molecule has 254 valence electrons. The van der Waals surface area contributed by atoms with Crippen LogP contribution >= 0.6 is 11.6 Å². The number of nitrogens with two attached hydrogens (primary N) is 1. The third-order valence-electron chi connectivity index (χ3n) is 10.8. The van der Waals surface area contributed by atoms with Gasteiger partial charge in [-0.15, -0.1) is 0 Å². The molecule has 1 saturated heterocycles. The van der Waals surface area contributed by atoms with Crippen molar-refractivity contribution in [2.45, 2.75) is 87.9 Å². The number of halogens is 1. The van der Waals surface area contributed by atoms with Gasteiger partial charge in [-0.1, -0.05) is 97.6 Å². The minimum Gasteiger partial charge on any atom is -0.348 e. The summed E-state index contributed by atoms with van der Waals surface area (Å²) in [7, 11) is 0. The maximum Gasteiger partial charge on any atom is 0.245 e. The number of hydrogen-bond donors (Lipinski definition) is 3. The van der Waals surface area contributed by atoms with E-state index < -0.39 is 11.6 Å². The van der Waals surface area contributed by atoms with E-state index in [1.54, 1.807) is 6.92 Å². The monoisotopic (exact) mass is 669 g/mol. The minimum absolute atomic E-state index is 0.0393. The first kappa shape index (κ1) is 34.2. The lowest BCUT2D eigenvalue weighted by Crippen LogP contribution is -2.65. The molecule has 3 aliphatic rings. The smallest absolute Gasteiger partial charge is 0.245 e. The summed E-state index contributed by atoms with van der Waals surface area (Å²) in [5.41, 5.74) is 9.81. The quantitative estimate of drug-likeness (QED) is 0.298. The summed E-state index contributed by atoms with van der Waals surface area (Å²) in [5, 5.41) is 7.05. The molecule has 6 rings (SSSR count). The lowest BCUT2D eigenvalue weighted by Gasteiger charge is -2.54. The molecule has 48 heavy (non-hydrogen) atoms. The maximum atomic E-state index is 14.3. The molecular weight excluding hydrogens is 622 g/mol. The van der Waals surface area contributed by atoms with Gasteiger partial charge >= 0.3 is 0 Å². The average molecular weight is 670 g/mol. The summed E-state index contributed by atoms with van der Waals surface area (Å²) < 4.78 is 0. The number of carbonyl (C=O) groups is 3. The second kappa shape index (κ2) is 14.8. The standard InChI is InChI=1S/C39H48ClN5O3/c1-28(46)42-35(31-11-4-2-5-12-31)39(19-8-3-9-20-39)45-24-22-44(23-25-45)36(47)34(26-29-14-16-33(40)17-15-29)43-37(48)38(41)21-18-30-10-6-7-13-32(30)27-38/h2,4-7,10-17,34-35H,3,8-9,18-27,41H2,1H3,(H,42,46)(H,43,48). The Hall–Kier alpha value is -3.72. The molecule has 2 fully saturated rings. The second-order valence-corrected chi connectivity index (χ2v) is 14.4. The van der Waals surface area contributed by atoms with Crippen LogP contribution in [-0.2, 0) is 33.6 Å².